The average Bonchev–Trinajstić information content (AvgIpc) is 2.52. The van der Waals surface area contributed by atoms with E-state index in [0.29, 0.717) is 11.4 Å². The quantitative estimate of drug-likeness (QED) is 0.487. The Bertz CT molecular complexity index is 714. The molecule has 2 rings (SSSR count). The smallest absolute Gasteiger partial charge is 0.359 e. The third kappa shape index (κ3) is 3.21. The second-order valence-corrected chi connectivity index (χ2v) is 5.58. The van der Waals surface area contributed by atoms with E-state index in [-0.39, 0.29) is 24.5 Å². The summed E-state index contributed by atoms with van der Waals surface area (Å²) >= 11 is 3.41. The lowest BCUT2D eigenvalue weighted by Crippen LogP contribution is -2.37. The van der Waals surface area contributed by atoms with Crippen LogP contribution in [-0.2, 0) is 14.3 Å². The summed E-state index contributed by atoms with van der Waals surface area (Å²) in [4.78, 5) is 28.6. The summed E-state index contributed by atoms with van der Waals surface area (Å²) in [6, 6.07) is 3.54. The van der Waals surface area contributed by atoms with Crippen LogP contribution in [0.5, 0.6) is 5.75 Å². The lowest BCUT2D eigenvalue weighted by molar-refractivity contribution is -0.138. The fraction of sp³-hybridized carbons (Fsp3) is 0.267. The molecular weight excluding hydrogens is 368 g/mol. The van der Waals surface area contributed by atoms with E-state index in [0.717, 1.165) is 17.1 Å². The first-order chi connectivity index (χ1) is 10.9. The van der Waals surface area contributed by atoms with Crippen LogP contribution in [0.3, 0.4) is 0 Å². The van der Waals surface area contributed by atoms with E-state index >= 15 is 0 Å². The lowest BCUT2D eigenvalue weighted by atomic mass is 10.1. The van der Waals surface area contributed by atoms with Crippen LogP contribution >= 0.6 is 15.9 Å². The normalized spacial score (nSPS) is 14.3. The van der Waals surface area contributed by atoms with Gasteiger partial charge in [0.1, 0.15) is 12.4 Å². The van der Waals surface area contributed by atoms with E-state index in [9.17, 15) is 14.7 Å². The Morgan fingerprint density at radius 2 is 2.17 bits per heavy atom. The van der Waals surface area contributed by atoms with E-state index in [1.165, 1.54) is 4.90 Å². The largest absolute Gasteiger partial charge is 0.489 e. The number of hydrogen-bond acceptors (Lipinski definition) is 6. The number of carboxylic acid groups (broad SMARTS) is 1. The monoisotopic (exact) mass is 382 g/mol. The molecule has 23 heavy (non-hydrogen) atoms. The first-order valence-corrected chi connectivity index (χ1v) is 7.43. The van der Waals surface area contributed by atoms with Crippen LogP contribution in [0.4, 0.5) is 5.69 Å². The number of carbonyl (C=O) groups excluding carboxylic acids is 1. The summed E-state index contributed by atoms with van der Waals surface area (Å²) in [5.74, 6) is -1.65. The first-order valence-electron chi connectivity index (χ1n) is 6.63. The molecule has 0 aliphatic carbocycles. The van der Waals surface area contributed by atoms with E-state index in [1.807, 2.05) is 6.92 Å². The third-order valence-electron chi connectivity index (χ3n) is 3.34. The third-order valence-corrected chi connectivity index (χ3v) is 4.19. The van der Waals surface area contributed by atoms with E-state index in [4.69, 9.17) is 4.74 Å². The molecule has 1 N–H and O–H groups in total. The molecule has 0 radical (unpaired) electrons. The van der Waals surface area contributed by atoms with Gasteiger partial charge in [0.2, 0.25) is 0 Å². The van der Waals surface area contributed by atoms with Crippen molar-refractivity contribution >= 4 is 40.3 Å². The fourth-order valence-corrected chi connectivity index (χ4v) is 2.57. The summed E-state index contributed by atoms with van der Waals surface area (Å²) in [7, 11) is 1.15. The molecule has 0 fully saturated rings. The first kappa shape index (κ1) is 17.0. The number of halogens is 1. The highest BCUT2D eigenvalue weighted by Crippen LogP contribution is 2.38. The van der Waals surface area contributed by atoms with Crippen molar-refractivity contribution in [1.82, 2.24) is 0 Å². The molecule has 1 aromatic rings. The summed E-state index contributed by atoms with van der Waals surface area (Å²) in [6.45, 7) is 5.67. The predicted octanol–water partition coefficient (Wildman–Crippen LogP) is 2.13. The Morgan fingerprint density at radius 3 is 2.74 bits per heavy atom. The summed E-state index contributed by atoms with van der Waals surface area (Å²) in [5, 5.41) is 9.58. The lowest BCUT2D eigenvalue weighted by Gasteiger charge is -2.32. The number of rotatable bonds is 4. The molecular formula is C15H15BrN2O5. The molecule has 0 saturated heterocycles. The molecule has 0 bridgehead atoms. The molecule has 7 nitrogen and oxygen atoms in total. The van der Waals surface area contributed by atoms with E-state index < -0.39 is 11.9 Å². The molecule has 0 spiro atoms. The Balaban J connectivity index is 2.66. The maximum atomic E-state index is 11.8. The second kappa shape index (κ2) is 6.82. The van der Waals surface area contributed by atoms with Gasteiger partial charge in [0.25, 0.3) is 0 Å². The minimum Gasteiger partial charge on any atom is -0.489 e. The molecule has 1 aliphatic heterocycles. The van der Waals surface area contributed by atoms with Gasteiger partial charge in [0.05, 0.1) is 19.3 Å². The number of methoxy groups -OCH3 is 1. The number of carbonyl (C=O) groups is 2. The highest BCUT2D eigenvalue weighted by atomic mass is 79.9. The van der Waals surface area contributed by atoms with Crippen LogP contribution in [0.2, 0.25) is 0 Å². The van der Waals surface area contributed by atoms with Gasteiger partial charge in [-0.15, -0.1) is 0 Å². The molecule has 1 heterocycles. The van der Waals surface area contributed by atoms with Crippen molar-refractivity contribution in [2.75, 3.05) is 25.2 Å². The number of hydrogen-bond donors (Lipinski definition) is 1. The minimum absolute atomic E-state index is 0.256. The van der Waals surface area contributed by atoms with Gasteiger partial charge in [0.15, 0.2) is 11.4 Å². The zero-order valence-electron chi connectivity index (χ0n) is 12.6. The number of anilines is 1. The highest BCUT2D eigenvalue weighted by molar-refractivity contribution is 9.10. The number of aliphatic imine (C=N–C) groups is 1. The van der Waals surface area contributed by atoms with Gasteiger partial charge in [0, 0.05) is 4.47 Å². The number of fused-ring (bicyclic) bond motifs is 1. The Labute approximate surface area is 141 Å². The molecule has 8 heteroatoms. The van der Waals surface area contributed by atoms with Gasteiger partial charge in [-0.2, -0.15) is 0 Å². The van der Waals surface area contributed by atoms with Gasteiger partial charge < -0.3 is 19.5 Å². The van der Waals surface area contributed by atoms with Crippen LogP contribution in [0.25, 0.3) is 0 Å². The zero-order chi connectivity index (χ0) is 17.1. The summed E-state index contributed by atoms with van der Waals surface area (Å²) < 4.78 is 11.0. The van der Waals surface area contributed by atoms with Crippen LogP contribution in [0.15, 0.2) is 33.0 Å². The molecule has 122 valence electrons. The van der Waals surface area contributed by atoms with Gasteiger partial charge in [-0.05, 0) is 31.3 Å². The van der Waals surface area contributed by atoms with Gasteiger partial charge >= 0.3 is 11.9 Å². The maximum absolute atomic E-state index is 11.8. The van der Waals surface area contributed by atoms with Crippen LogP contribution in [0, 0.1) is 6.92 Å². The van der Waals surface area contributed by atoms with Crippen LogP contribution in [-0.4, -0.2) is 44.0 Å². The number of aliphatic carboxylic acids is 1. The summed E-state index contributed by atoms with van der Waals surface area (Å²) in [6.07, 6.45) is 0. The SMILES string of the molecule is C=N/C(C(=O)OC)=C(/C(=O)O)N1CCOc2cc(Br)c(C)cc21. The number of ether oxygens (including phenoxy) is 2. The van der Waals surface area contributed by atoms with Gasteiger partial charge in [-0.3, -0.25) is 4.99 Å². The highest BCUT2D eigenvalue weighted by Gasteiger charge is 2.31. The van der Waals surface area contributed by atoms with E-state index in [2.05, 4.69) is 32.4 Å². The van der Waals surface area contributed by atoms with Crippen LogP contribution in [0.1, 0.15) is 5.56 Å². The number of benzene rings is 1. The van der Waals surface area contributed by atoms with Crippen molar-refractivity contribution in [1.29, 1.82) is 0 Å². The Morgan fingerprint density at radius 1 is 1.48 bits per heavy atom. The van der Waals surface area contributed by atoms with Gasteiger partial charge in [-0.25, -0.2) is 9.59 Å². The van der Waals surface area contributed by atoms with Crippen molar-refractivity contribution in [3.05, 3.63) is 33.6 Å². The average molecular weight is 383 g/mol. The topological polar surface area (TPSA) is 88.4 Å². The Kier molecular flexibility index (Phi) is 5.05. The molecule has 0 amide bonds. The zero-order valence-corrected chi connectivity index (χ0v) is 14.2. The van der Waals surface area contributed by atoms with Crippen molar-refractivity contribution in [2.45, 2.75) is 6.92 Å². The molecule has 0 aromatic heterocycles. The number of nitrogens with zero attached hydrogens (tertiary/aromatic N) is 2. The molecule has 1 aliphatic rings. The number of aryl methyl sites for hydroxylation is 1. The van der Waals surface area contributed by atoms with Crippen molar-refractivity contribution in [3.63, 3.8) is 0 Å². The standard InChI is InChI=1S/C15H15BrN2O5/c1-8-6-10-11(7-9(8)16)23-5-4-18(10)13(14(19)20)12(17-2)15(21)22-3/h6-7H,2,4-5H2,1,3H3,(H,19,20)/b13-12-. The van der Waals surface area contributed by atoms with Crippen LogP contribution < -0.4 is 9.64 Å². The van der Waals surface area contributed by atoms with Crippen molar-refractivity contribution in [3.8, 4) is 5.75 Å². The molecule has 0 unspecified atom stereocenters. The molecule has 1 aromatic carbocycles. The number of carboxylic acids is 1. The maximum Gasteiger partial charge on any atom is 0.359 e. The molecule has 0 atom stereocenters. The second-order valence-electron chi connectivity index (χ2n) is 4.72. The Hall–Kier alpha value is -2.35. The van der Waals surface area contributed by atoms with Crippen molar-refractivity contribution < 1.29 is 24.2 Å². The van der Waals surface area contributed by atoms with E-state index in [1.54, 1.807) is 12.1 Å². The number of esters is 1. The predicted molar refractivity (Wildman–Crippen MR) is 87.9 cm³/mol. The minimum atomic E-state index is -1.30. The fourth-order valence-electron chi connectivity index (χ4n) is 2.25. The van der Waals surface area contributed by atoms with Crippen molar-refractivity contribution in [2.24, 2.45) is 4.99 Å². The van der Waals surface area contributed by atoms with Gasteiger partial charge in [-0.1, -0.05) is 15.9 Å². The summed E-state index contributed by atoms with van der Waals surface area (Å²) in [5.41, 5.74) is 0.793. The molecule has 0 saturated carbocycles.